The van der Waals surface area contributed by atoms with Crippen LogP contribution in [0.2, 0.25) is 0 Å². The van der Waals surface area contributed by atoms with Crippen LogP contribution in [0.1, 0.15) is 33.1 Å². The van der Waals surface area contributed by atoms with Gasteiger partial charge in [0.25, 0.3) is 10.0 Å². The van der Waals surface area contributed by atoms with Crippen LogP contribution < -0.4 is 5.32 Å². The van der Waals surface area contributed by atoms with Crippen molar-refractivity contribution in [2.75, 3.05) is 25.0 Å². The summed E-state index contributed by atoms with van der Waals surface area (Å²) < 4.78 is 30.9. The molecule has 2 aromatic carbocycles. The highest BCUT2D eigenvalue weighted by molar-refractivity contribution is 7.91. The molecular weight excluding hydrogens is 520 g/mol. The Morgan fingerprint density at radius 3 is 2.61 bits per heavy atom. The number of unbranched alkanes of at least 4 members (excludes halogenated alkanes) is 1. The molecule has 3 heterocycles. The maximum atomic E-state index is 13.5. The third kappa shape index (κ3) is 4.93. The lowest BCUT2D eigenvalue weighted by atomic mass is 10.1. The Balaban J connectivity index is 1.46. The standard InChI is InChI=1S/C28H34N4O4S2/c1-3-5-11-26(33)30-15-16-32(38(35,36)27-12-8-17-37-27)25(19-30)28(34)29-20-13-14-24-22(18-20)21-9-6-7-10-23(21)31(24)4-2/h6-10,12-14,17-18,25,28-29,34H,3-5,11,15-16,19H2,1-2H3/t25-,28?/m0/s1. The van der Waals surface area contributed by atoms with Gasteiger partial charge in [0.05, 0.1) is 6.04 Å². The molecule has 0 spiro atoms. The summed E-state index contributed by atoms with van der Waals surface area (Å²) >= 11 is 1.15. The monoisotopic (exact) mass is 554 g/mol. The molecule has 5 rings (SSSR count). The summed E-state index contributed by atoms with van der Waals surface area (Å²) in [7, 11) is -3.82. The fourth-order valence-corrected chi connectivity index (χ4v) is 8.07. The first-order valence-corrected chi connectivity index (χ1v) is 15.5. The number of thiophene rings is 1. The second-order valence-electron chi connectivity index (χ2n) is 9.64. The molecule has 1 fully saturated rings. The van der Waals surface area contributed by atoms with Crippen LogP contribution in [-0.4, -0.2) is 65.1 Å². The second kappa shape index (κ2) is 11.1. The topological polar surface area (TPSA) is 94.9 Å². The molecule has 1 saturated heterocycles. The number of fused-ring (bicyclic) bond motifs is 3. The van der Waals surface area contributed by atoms with Gasteiger partial charge < -0.3 is 19.9 Å². The summed E-state index contributed by atoms with van der Waals surface area (Å²) in [5.41, 5.74) is 2.93. The molecule has 2 N–H and O–H groups in total. The van der Waals surface area contributed by atoms with E-state index in [2.05, 4.69) is 28.9 Å². The van der Waals surface area contributed by atoms with E-state index in [1.807, 2.05) is 37.3 Å². The molecule has 2 atom stereocenters. The second-order valence-corrected chi connectivity index (χ2v) is 12.7. The van der Waals surface area contributed by atoms with Crippen LogP contribution in [0, 0.1) is 0 Å². The van der Waals surface area contributed by atoms with Gasteiger partial charge in [-0.3, -0.25) is 4.79 Å². The number of hydrogen-bond acceptors (Lipinski definition) is 6. The molecular formula is C28H34N4O4S2. The lowest BCUT2D eigenvalue weighted by Gasteiger charge is -2.42. The predicted octanol–water partition coefficient (Wildman–Crippen LogP) is 4.70. The fourth-order valence-electron chi connectivity index (χ4n) is 5.34. The Hall–Kier alpha value is -2.92. The van der Waals surface area contributed by atoms with Crippen molar-refractivity contribution in [2.45, 2.75) is 56.1 Å². The van der Waals surface area contributed by atoms with Crippen LogP contribution in [0.3, 0.4) is 0 Å². The van der Waals surface area contributed by atoms with Crippen molar-refractivity contribution in [3.63, 3.8) is 0 Å². The van der Waals surface area contributed by atoms with Crippen molar-refractivity contribution >= 4 is 54.8 Å². The SMILES string of the molecule is CCCCC(=O)N1CCN(S(=O)(=O)c2cccs2)[C@H](C(O)Nc2ccc3c(c2)c2ccccc2n3CC)C1. The van der Waals surface area contributed by atoms with E-state index in [1.54, 1.807) is 22.4 Å². The third-order valence-corrected chi connectivity index (χ3v) is 10.6. The van der Waals surface area contributed by atoms with Crippen molar-refractivity contribution in [1.82, 2.24) is 13.8 Å². The Morgan fingerprint density at radius 1 is 1.08 bits per heavy atom. The van der Waals surface area contributed by atoms with Crippen molar-refractivity contribution in [3.05, 3.63) is 60.0 Å². The minimum Gasteiger partial charge on any atom is -0.372 e. The van der Waals surface area contributed by atoms with E-state index in [9.17, 15) is 18.3 Å². The highest BCUT2D eigenvalue weighted by Gasteiger charge is 2.41. The molecule has 1 unspecified atom stereocenters. The number of benzene rings is 2. The highest BCUT2D eigenvalue weighted by atomic mass is 32.2. The van der Waals surface area contributed by atoms with Crippen LogP contribution >= 0.6 is 11.3 Å². The van der Waals surface area contributed by atoms with Crippen LogP contribution in [-0.2, 0) is 21.4 Å². The molecule has 202 valence electrons. The van der Waals surface area contributed by atoms with E-state index >= 15 is 0 Å². The van der Waals surface area contributed by atoms with Crippen LogP contribution in [0.15, 0.2) is 64.2 Å². The maximum Gasteiger partial charge on any atom is 0.253 e. The van der Waals surface area contributed by atoms with E-state index in [0.717, 1.165) is 52.5 Å². The zero-order chi connectivity index (χ0) is 26.9. The smallest absolute Gasteiger partial charge is 0.253 e. The number of carbonyl (C=O) groups excluding carboxylic acids is 1. The molecule has 0 radical (unpaired) electrons. The van der Waals surface area contributed by atoms with Gasteiger partial charge in [-0.2, -0.15) is 4.31 Å². The average molecular weight is 555 g/mol. The Morgan fingerprint density at radius 2 is 1.87 bits per heavy atom. The van der Waals surface area contributed by atoms with Crippen LogP contribution in [0.4, 0.5) is 5.69 Å². The molecule has 1 aliphatic heterocycles. The maximum absolute atomic E-state index is 13.5. The summed E-state index contributed by atoms with van der Waals surface area (Å²) in [5, 5.41) is 18.5. The number of aliphatic hydroxyl groups excluding tert-OH is 1. The molecule has 0 saturated carbocycles. The number of nitrogens with zero attached hydrogens (tertiary/aromatic N) is 3. The lowest BCUT2D eigenvalue weighted by Crippen LogP contribution is -2.61. The number of nitrogens with one attached hydrogen (secondary N) is 1. The molecule has 8 nitrogen and oxygen atoms in total. The quantitative estimate of drug-likeness (QED) is 0.293. The van der Waals surface area contributed by atoms with Crippen molar-refractivity contribution in [3.8, 4) is 0 Å². The van der Waals surface area contributed by atoms with Gasteiger partial charge in [-0.05, 0) is 49.1 Å². The molecule has 1 amide bonds. The number of hydrogen-bond donors (Lipinski definition) is 2. The Bertz CT molecular complexity index is 1530. The number of piperazine rings is 1. The number of anilines is 1. The summed E-state index contributed by atoms with van der Waals surface area (Å²) in [6.07, 6.45) is 0.887. The summed E-state index contributed by atoms with van der Waals surface area (Å²) in [6.45, 7) is 5.53. The largest absolute Gasteiger partial charge is 0.372 e. The number of aryl methyl sites for hydroxylation is 1. The third-order valence-electron chi connectivity index (χ3n) is 7.29. The van der Waals surface area contributed by atoms with Crippen molar-refractivity contribution in [1.29, 1.82) is 0 Å². The minimum absolute atomic E-state index is 0.00832. The van der Waals surface area contributed by atoms with Gasteiger partial charge in [0.15, 0.2) is 0 Å². The van der Waals surface area contributed by atoms with Gasteiger partial charge in [0.1, 0.15) is 10.4 Å². The van der Waals surface area contributed by atoms with Crippen molar-refractivity contribution in [2.24, 2.45) is 0 Å². The van der Waals surface area contributed by atoms with Gasteiger partial charge in [-0.15, -0.1) is 11.3 Å². The average Bonchev–Trinajstić information content (AvgIpc) is 3.58. The number of amides is 1. The molecule has 0 aliphatic carbocycles. The van der Waals surface area contributed by atoms with E-state index in [0.29, 0.717) is 18.7 Å². The van der Waals surface area contributed by atoms with E-state index in [4.69, 9.17) is 0 Å². The Kier molecular flexibility index (Phi) is 7.76. The van der Waals surface area contributed by atoms with E-state index < -0.39 is 22.3 Å². The molecule has 10 heteroatoms. The molecule has 38 heavy (non-hydrogen) atoms. The number of para-hydroxylation sites is 1. The highest BCUT2D eigenvalue weighted by Crippen LogP contribution is 2.32. The van der Waals surface area contributed by atoms with Crippen LogP contribution in [0.5, 0.6) is 0 Å². The zero-order valence-corrected chi connectivity index (χ0v) is 23.3. The lowest BCUT2D eigenvalue weighted by molar-refractivity contribution is -0.134. The summed E-state index contributed by atoms with van der Waals surface area (Å²) in [4.78, 5) is 14.5. The number of aromatic nitrogens is 1. The predicted molar refractivity (Wildman–Crippen MR) is 153 cm³/mol. The number of aliphatic hydroxyl groups is 1. The Labute approximate surface area is 227 Å². The molecule has 1 aliphatic rings. The zero-order valence-electron chi connectivity index (χ0n) is 21.7. The number of sulfonamides is 1. The number of carbonyl (C=O) groups is 1. The van der Waals surface area contributed by atoms with Crippen LogP contribution in [0.25, 0.3) is 21.8 Å². The molecule has 0 bridgehead atoms. The van der Waals surface area contributed by atoms with Gasteiger partial charge >= 0.3 is 0 Å². The number of rotatable bonds is 9. The van der Waals surface area contributed by atoms with E-state index in [-0.39, 0.29) is 23.2 Å². The fraction of sp³-hybridized carbons (Fsp3) is 0.393. The van der Waals surface area contributed by atoms with Gasteiger partial charge in [-0.1, -0.05) is 37.6 Å². The molecule has 2 aromatic heterocycles. The minimum atomic E-state index is -3.82. The normalized spacial score (nSPS) is 17.8. The van der Waals surface area contributed by atoms with Gasteiger partial charge in [0.2, 0.25) is 5.91 Å². The molecule has 4 aromatic rings. The summed E-state index contributed by atoms with van der Waals surface area (Å²) in [6, 6.07) is 16.6. The van der Waals surface area contributed by atoms with Crippen molar-refractivity contribution < 1.29 is 18.3 Å². The van der Waals surface area contributed by atoms with E-state index in [1.165, 1.54) is 4.31 Å². The first-order valence-electron chi connectivity index (χ1n) is 13.1. The first kappa shape index (κ1) is 26.7. The summed E-state index contributed by atoms with van der Waals surface area (Å²) in [5.74, 6) is -0.00832. The van der Waals surface area contributed by atoms with Gasteiger partial charge in [-0.25, -0.2) is 8.42 Å². The van der Waals surface area contributed by atoms with Gasteiger partial charge in [0, 0.05) is 60.1 Å². The first-order chi connectivity index (χ1) is 18.3.